The molecule has 0 fully saturated rings. The minimum atomic E-state index is -3.38. The maximum atomic E-state index is 12.0. The molecule has 1 aromatic heterocycles. The van der Waals surface area contributed by atoms with Crippen molar-refractivity contribution in [1.29, 1.82) is 0 Å². The van der Waals surface area contributed by atoms with Crippen LogP contribution in [0.25, 0.3) is 0 Å². The van der Waals surface area contributed by atoms with E-state index in [0.29, 0.717) is 19.5 Å². The number of rotatable bonds is 11. The van der Waals surface area contributed by atoms with Crippen LogP contribution in [0.4, 0.5) is 0 Å². The van der Waals surface area contributed by atoms with Gasteiger partial charge in [0.25, 0.3) is 10.2 Å². The molecule has 0 saturated carbocycles. The summed E-state index contributed by atoms with van der Waals surface area (Å²) in [7, 11) is -1.78. The summed E-state index contributed by atoms with van der Waals surface area (Å²) in [6.07, 6.45) is 5.97. The van der Waals surface area contributed by atoms with Crippen LogP contribution < -0.4 is 10.0 Å². The Morgan fingerprint density at radius 3 is 2.57 bits per heavy atom. The highest BCUT2D eigenvalue weighted by Gasteiger charge is 2.15. The molecule has 2 N–H and O–H groups in total. The molecule has 0 atom stereocenters. The van der Waals surface area contributed by atoms with Gasteiger partial charge in [0.1, 0.15) is 0 Å². The number of aromatic nitrogens is 1. The highest BCUT2D eigenvalue weighted by atomic mass is 32.2. The summed E-state index contributed by atoms with van der Waals surface area (Å²) in [5, 5.41) is 3.26. The second-order valence-corrected chi connectivity index (χ2v) is 6.79. The van der Waals surface area contributed by atoms with Gasteiger partial charge >= 0.3 is 0 Å². The number of hydrogen-bond acceptors (Lipinski definition) is 4. The fourth-order valence-electron chi connectivity index (χ4n) is 1.83. The molecule has 0 aliphatic rings. The molecule has 0 amide bonds. The standard InChI is InChI=1S/C14H26N4O2S/c1-3-8-15-9-4-13-18(2)21(19,20)17-12-7-14-5-10-16-11-6-14/h5-6,10-11,15,17H,3-4,7-9,12-13H2,1-2H3. The van der Waals surface area contributed by atoms with Gasteiger partial charge in [0, 0.05) is 32.5 Å². The van der Waals surface area contributed by atoms with Crippen LogP contribution in [0.3, 0.4) is 0 Å². The summed E-state index contributed by atoms with van der Waals surface area (Å²) in [6, 6.07) is 3.77. The van der Waals surface area contributed by atoms with E-state index in [-0.39, 0.29) is 0 Å². The van der Waals surface area contributed by atoms with Crippen molar-refractivity contribution >= 4 is 10.2 Å². The van der Waals surface area contributed by atoms with E-state index in [1.807, 2.05) is 12.1 Å². The van der Waals surface area contributed by atoms with E-state index in [1.54, 1.807) is 19.4 Å². The monoisotopic (exact) mass is 314 g/mol. The highest BCUT2D eigenvalue weighted by molar-refractivity contribution is 7.87. The maximum absolute atomic E-state index is 12.0. The lowest BCUT2D eigenvalue weighted by Gasteiger charge is -2.17. The van der Waals surface area contributed by atoms with Gasteiger partial charge in [-0.25, -0.2) is 4.72 Å². The number of hydrogen-bond donors (Lipinski definition) is 2. The molecular weight excluding hydrogens is 288 g/mol. The Kier molecular flexibility index (Phi) is 8.44. The van der Waals surface area contributed by atoms with Crippen LogP contribution in [0.15, 0.2) is 24.5 Å². The van der Waals surface area contributed by atoms with E-state index in [9.17, 15) is 8.42 Å². The summed E-state index contributed by atoms with van der Waals surface area (Å²) in [5.41, 5.74) is 1.07. The lowest BCUT2D eigenvalue weighted by Crippen LogP contribution is -2.40. The van der Waals surface area contributed by atoms with Gasteiger partial charge in [-0.1, -0.05) is 6.92 Å². The highest BCUT2D eigenvalue weighted by Crippen LogP contribution is 1.99. The SMILES string of the molecule is CCCNCCCN(C)S(=O)(=O)NCCc1ccncc1. The maximum Gasteiger partial charge on any atom is 0.279 e. The van der Waals surface area contributed by atoms with Crippen molar-refractivity contribution in [2.45, 2.75) is 26.2 Å². The third-order valence-electron chi connectivity index (χ3n) is 3.11. The third kappa shape index (κ3) is 7.52. The van der Waals surface area contributed by atoms with Gasteiger partial charge in [-0.3, -0.25) is 4.98 Å². The van der Waals surface area contributed by atoms with Gasteiger partial charge in [0.15, 0.2) is 0 Å². The van der Waals surface area contributed by atoms with Crippen LogP contribution in [-0.2, 0) is 16.6 Å². The van der Waals surface area contributed by atoms with E-state index in [2.05, 4.69) is 21.9 Å². The van der Waals surface area contributed by atoms with Crippen molar-refractivity contribution in [3.8, 4) is 0 Å². The Morgan fingerprint density at radius 2 is 1.90 bits per heavy atom. The Bertz CT molecular complexity index is 479. The van der Waals surface area contributed by atoms with Crippen LogP contribution in [0, 0.1) is 0 Å². The normalized spacial score (nSPS) is 12.0. The first-order chi connectivity index (χ1) is 10.1. The summed E-state index contributed by atoms with van der Waals surface area (Å²) in [4.78, 5) is 3.93. The van der Waals surface area contributed by atoms with Crippen molar-refractivity contribution in [2.75, 3.05) is 33.2 Å². The zero-order valence-corrected chi connectivity index (χ0v) is 13.7. The molecule has 0 aromatic carbocycles. The molecule has 0 saturated heterocycles. The molecule has 120 valence electrons. The molecule has 0 radical (unpaired) electrons. The lowest BCUT2D eigenvalue weighted by molar-refractivity contribution is 0.445. The molecule has 1 heterocycles. The van der Waals surface area contributed by atoms with Crippen molar-refractivity contribution in [2.24, 2.45) is 0 Å². The molecule has 0 aliphatic heterocycles. The van der Waals surface area contributed by atoms with Crippen LogP contribution in [0.1, 0.15) is 25.3 Å². The first-order valence-electron chi connectivity index (χ1n) is 7.37. The minimum Gasteiger partial charge on any atom is -0.317 e. The van der Waals surface area contributed by atoms with Gasteiger partial charge in [-0.05, 0) is 50.0 Å². The van der Waals surface area contributed by atoms with Gasteiger partial charge in [0.2, 0.25) is 0 Å². The third-order valence-corrected chi connectivity index (χ3v) is 4.68. The van der Waals surface area contributed by atoms with E-state index in [0.717, 1.165) is 31.5 Å². The minimum absolute atomic E-state index is 0.394. The van der Waals surface area contributed by atoms with Crippen LogP contribution in [0.5, 0.6) is 0 Å². The smallest absolute Gasteiger partial charge is 0.279 e. The molecule has 1 rings (SSSR count). The summed E-state index contributed by atoms with van der Waals surface area (Å²) < 4.78 is 28.0. The molecule has 1 aromatic rings. The van der Waals surface area contributed by atoms with Crippen molar-refractivity contribution in [1.82, 2.24) is 19.3 Å². The van der Waals surface area contributed by atoms with E-state index >= 15 is 0 Å². The molecule has 0 unspecified atom stereocenters. The number of pyridine rings is 1. The van der Waals surface area contributed by atoms with Gasteiger partial charge in [0.05, 0.1) is 0 Å². The molecule has 0 spiro atoms. The number of nitrogens with one attached hydrogen (secondary N) is 2. The Labute approximate surface area is 128 Å². The summed E-state index contributed by atoms with van der Waals surface area (Å²) in [5.74, 6) is 0. The van der Waals surface area contributed by atoms with E-state index in [4.69, 9.17) is 0 Å². The van der Waals surface area contributed by atoms with Crippen LogP contribution in [0.2, 0.25) is 0 Å². The number of nitrogens with zero attached hydrogens (tertiary/aromatic N) is 2. The van der Waals surface area contributed by atoms with Crippen molar-refractivity contribution in [3.05, 3.63) is 30.1 Å². The second-order valence-electron chi connectivity index (χ2n) is 4.93. The fourth-order valence-corrected chi connectivity index (χ4v) is 2.78. The Morgan fingerprint density at radius 1 is 1.19 bits per heavy atom. The van der Waals surface area contributed by atoms with Crippen LogP contribution in [-0.4, -0.2) is 50.9 Å². The first-order valence-corrected chi connectivity index (χ1v) is 8.81. The predicted molar refractivity (Wildman–Crippen MR) is 85.3 cm³/mol. The molecule has 6 nitrogen and oxygen atoms in total. The van der Waals surface area contributed by atoms with Crippen LogP contribution >= 0.6 is 0 Å². The molecule has 21 heavy (non-hydrogen) atoms. The van der Waals surface area contributed by atoms with E-state index < -0.39 is 10.2 Å². The average Bonchev–Trinajstić information content (AvgIpc) is 2.47. The zero-order valence-electron chi connectivity index (χ0n) is 12.9. The van der Waals surface area contributed by atoms with Crippen molar-refractivity contribution < 1.29 is 8.42 Å². The zero-order chi connectivity index (χ0) is 15.6. The average molecular weight is 314 g/mol. The summed E-state index contributed by atoms with van der Waals surface area (Å²) >= 11 is 0. The lowest BCUT2D eigenvalue weighted by atomic mass is 10.2. The topological polar surface area (TPSA) is 74.3 Å². The Hall–Kier alpha value is -1.02. The van der Waals surface area contributed by atoms with Gasteiger partial charge < -0.3 is 5.32 Å². The molecule has 0 aliphatic carbocycles. The quantitative estimate of drug-likeness (QED) is 0.592. The molecule has 7 heteroatoms. The van der Waals surface area contributed by atoms with E-state index in [1.165, 1.54) is 4.31 Å². The first kappa shape index (κ1) is 18.0. The van der Waals surface area contributed by atoms with Gasteiger partial charge in [-0.15, -0.1) is 0 Å². The van der Waals surface area contributed by atoms with Crippen molar-refractivity contribution in [3.63, 3.8) is 0 Å². The van der Waals surface area contributed by atoms with Gasteiger partial charge in [-0.2, -0.15) is 12.7 Å². The molecular formula is C14H26N4O2S. The second kappa shape index (κ2) is 9.83. The summed E-state index contributed by atoms with van der Waals surface area (Å²) in [6.45, 7) is 4.83. The molecule has 0 bridgehead atoms. The largest absolute Gasteiger partial charge is 0.317 e. The predicted octanol–water partition coefficient (Wildman–Crippen LogP) is 0.780. The fraction of sp³-hybridized carbons (Fsp3) is 0.643. The Balaban J connectivity index is 2.25.